The van der Waals surface area contributed by atoms with E-state index in [0.717, 1.165) is 35.2 Å². The molecule has 0 saturated heterocycles. The summed E-state index contributed by atoms with van der Waals surface area (Å²) in [5.41, 5.74) is 0.110. The summed E-state index contributed by atoms with van der Waals surface area (Å²) < 4.78 is 13.9. The molecule has 6 nitrogen and oxygen atoms in total. The van der Waals surface area contributed by atoms with Crippen LogP contribution in [-0.4, -0.2) is 21.0 Å². The lowest BCUT2D eigenvalue weighted by atomic mass is 10.3. The molecule has 21 heavy (non-hydrogen) atoms. The predicted molar refractivity (Wildman–Crippen MR) is 78.3 cm³/mol. The van der Waals surface area contributed by atoms with Gasteiger partial charge in [-0.15, -0.1) is 11.3 Å². The Hall–Kier alpha value is -1.52. The van der Waals surface area contributed by atoms with Gasteiger partial charge in [0.25, 0.3) is 5.69 Å². The van der Waals surface area contributed by atoms with E-state index in [-0.39, 0.29) is 21.5 Å². The summed E-state index contributed by atoms with van der Waals surface area (Å²) in [6.45, 7) is 0. The predicted octanol–water partition coefficient (Wildman–Crippen LogP) is 3.73. The van der Waals surface area contributed by atoms with Gasteiger partial charge in [-0.1, -0.05) is 11.8 Å². The highest BCUT2D eigenvalue weighted by atomic mass is 79.9. The molecule has 1 N–H and O–H groups in total. The number of carboxylic acid groups (broad SMARTS) is 1. The second kappa shape index (κ2) is 6.50. The molecule has 110 valence electrons. The van der Waals surface area contributed by atoms with E-state index in [4.69, 9.17) is 5.11 Å². The minimum absolute atomic E-state index is 0.00394. The van der Waals surface area contributed by atoms with E-state index in [0.29, 0.717) is 10.0 Å². The Morgan fingerprint density at radius 1 is 1.57 bits per heavy atom. The SMILES string of the molecule is O=C(O)Cc1csc(Sc2cc(F)c(Br)cc2[N+](=O)[O-])n1. The minimum Gasteiger partial charge on any atom is -0.481 e. The Labute approximate surface area is 134 Å². The minimum atomic E-state index is -1.02. The fourth-order valence-corrected chi connectivity index (χ4v) is 3.64. The summed E-state index contributed by atoms with van der Waals surface area (Å²) >= 11 is 4.97. The van der Waals surface area contributed by atoms with Gasteiger partial charge < -0.3 is 5.11 Å². The fourth-order valence-electron chi connectivity index (χ4n) is 1.41. The van der Waals surface area contributed by atoms with Gasteiger partial charge in [-0.2, -0.15) is 0 Å². The molecule has 1 heterocycles. The fraction of sp³-hybridized carbons (Fsp3) is 0.0909. The number of nitro groups is 1. The van der Waals surface area contributed by atoms with Gasteiger partial charge in [0.05, 0.1) is 26.4 Å². The third kappa shape index (κ3) is 3.99. The first-order chi connectivity index (χ1) is 9.86. The molecular weight excluding hydrogens is 387 g/mol. The number of aromatic nitrogens is 1. The number of carbonyl (C=O) groups is 1. The van der Waals surface area contributed by atoms with Gasteiger partial charge in [-0.3, -0.25) is 14.9 Å². The molecular formula is C11H6BrFN2O4S2. The van der Waals surface area contributed by atoms with Crippen molar-refractivity contribution in [3.8, 4) is 0 Å². The maximum atomic E-state index is 13.5. The van der Waals surface area contributed by atoms with Crippen LogP contribution in [0.1, 0.15) is 5.69 Å². The molecule has 0 spiro atoms. The highest BCUT2D eigenvalue weighted by Gasteiger charge is 2.20. The van der Waals surface area contributed by atoms with Gasteiger partial charge >= 0.3 is 5.97 Å². The molecule has 0 atom stereocenters. The van der Waals surface area contributed by atoms with Crippen molar-refractivity contribution in [1.29, 1.82) is 0 Å². The van der Waals surface area contributed by atoms with Crippen LogP contribution in [0.3, 0.4) is 0 Å². The van der Waals surface area contributed by atoms with Crippen molar-refractivity contribution in [2.24, 2.45) is 0 Å². The van der Waals surface area contributed by atoms with Gasteiger partial charge in [0.1, 0.15) is 5.82 Å². The van der Waals surface area contributed by atoms with E-state index in [1.807, 2.05) is 0 Å². The molecule has 0 bridgehead atoms. The second-order valence-corrected chi connectivity index (χ2v) is 6.77. The first kappa shape index (κ1) is 15.9. The third-order valence-corrected chi connectivity index (χ3v) is 4.90. The van der Waals surface area contributed by atoms with Crippen LogP contribution in [0.15, 0.2) is 31.2 Å². The third-order valence-electron chi connectivity index (χ3n) is 2.26. The Morgan fingerprint density at radius 2 is 2.29 bits per heavy atom. The average molecular weight is 393 g/mol. The van der Waals surface area contributed by atoms with Crippen molar-refractivity contribution in [2.75, 3.05) is 0 Å². The smallest absolute Gasteiger partial charge is 0.309 e. The summed E-state index contributed by atoms with van der Waals surface area (Å²) in [4.78, 5) is 25.1. The van der Waals surface area contributed by atoms with Crippen LogP contribution in [0.2, 0.25) is 0 Å². The molecule has 10 heteroatoms. The zero-order chi connectivity index (χ0) is 15.6. The van der Waals surface area contributed by atoms with E-state index in [2.05, 4.69) is 20.9 Å². The van der Waals surface area contributed by atoms with Crippen molar-refractivity contribution in [2.45, 2.75) is 15.7 Å². The van der Waals surface area contributed by atoms with Crippen LogP contribution in [0.4, 0.5) is 10.1 Å². The quantitative estimate of drug-likeness (QED) is 0.615. The molecule has 0 aliphatic heterocycles. The summed E-state index contributed by atoms with van der Waals surface area (Å²) in [5, 5.41) is 21.2. The van der Waals surface area contributed by atoms with Gasteiger partial charge in [-0.25, -0.2) is 9.37 Å². The van der Waals surface area contributed by atoms with Crippen molar-refractivity contribution >= 4 is 50.7 Å². The van der Waals surface area contributed by atoms with E-state index >= 15 is 0 Å². The van der Waals surface area contributed by atoms with Crippen LogP contribution in [0.25, 0.3) is 0 Å². The lowest BCUT2D eigenvalue weighted by molar-refractivity contribution is -0.387. The van der Waals surface area contributed by atoms with Gasteiger partial charge in [0, 0.05) is 11.4 Å². The largest absolute Gasteiger partial charge is 0.481 e. The number of halogens is 2. The number of thiazole rings is 1. The average Bonchev–Trinajstić information content (AvgIpc) is 2.79. The molecule has 0 fully saturated rings. The summed E-state index contributed by atoms with van der Waals surface area (Å²) in [7, 11) is 0. The van der Waals surface area contributed by atoms with Crippen molar-refractivity contribution in [3.05, 3.63) is 43.6 Å². The molecule has 2 aromatic rings. The molecule has 2 rings (SSSR count). The number of aliphatic carboxylic acids is 1. The van der Waals surface area contributed by atoms with E-state index in [1.54, 1.807) is 5.38 Å². The van der Waals surface area contributed by atoms with Crippen molar-refractivity contribution < 1.29 is 19.2 Å². The van der Waals surface area contributed by atoms with E-state index < -0.39 is 16.7 Å². The Morgan fingerprint density at radius 3 is 2.90 bits per heavy atom. The van der Waals surface area contributed by atoms with Crippen LogP contribution in [0.5, 0.6) is 0 Å². The molecule has 0 radical (unpaired) electrons. The number of carboxylic acids is 1. The number of nitro benzene ring substituents is 1. The highest BCUT2D eigenvalue weighted by Crippen LogP contribution is 2.38. The zero-order valence-electron chi connectivity index (χ0n) is 10.1. The van der Waals surface area contributed by atoms with E-state index in [9.17, 15) is 19.3 Å². The molecule has 0 saturated carbocycles. The van der Waals surface area contributed by atoms with Gasteiger partial charge in [0.2, 0.25) is 0 Å². The summed E-state index contributed by atoms with van der Waals surface area (Å²) in [6.07, 6.45) is -0.228. The van der Waals surface area contributed by atoms with Crippen molar-refractivity contribution in [1.82, 2.24) is 4.98 Å². The van der Waals surface area contributed by atoms with E-state index in [1.165, 1.54) is 0 Å². The number of hydrogen-bond donors (Lipinski definition) is 1. The molecule has 1 aromatic carbocycles. The monoisotopic (exact) mass is 392 g/mol. The first-order valence-corrected chi connectivity index (χ1v) is 7.83. The highest BCUT2D eigenvalue weighted by molar-refractivity contribution is 9.10. The molecule has 1 aromatic heterocycles. The second-order valence-electron chi connectivity index (χ2n) is 3.77. The van der Waals surface area contributed by atoms with Gasteiger partial charge in [-0.05, 0) is 22.0 Å². The summed E-state index contributed by atoms with van der Waals surface area (Å²) in [5.74, 6) is -1.64. The van der Waals surface area contributed by atoms with Gasteiger partial charge in [0.15, 0.2) is 4.34 Å². The molecule has 0 aliphatic rings. The first-order valence-electron chi connectivity index (χ1n) is 5.34. The standard InChI is InChI=1S/C11H6BrFN2O4S2/c12-6-2-8(15(18)19)9(3-7(6)13)21-11-14-5(4-20-11)1-10(16)17/h2-4H,1H2,(H,16,17). The van der Waals surface area contributed by atoms with Crippen LogP contribution < -0.4 is 0 Å². The van der Waals surface area contributed by atoms with Crippen LogP contribution >= 0.6 is 39.0 Å². The van der Waals surface area contributed by atoms with Crippen LogP contribution in [0, 0.1) is 15.9 Å². The summed E-state index contributed by atoms with van der Waals surface area (Å²) in [6, 6.07) is 2.13. The normalized spacial score (nSPS) is 10.6. The lowest BCUT2D eigenvalue weighted by Crippen LogP contribution is -1.99. The maximum Gasteiger partial charge on any atom is 0.309 e. The number of benzene rings is 1. The lowest BCUT2D eigenvalue weighted by Gasteiger charge is -2.02. The zero-order valence-corrected chi connectivity index (χ0v) is 13.3. The topological polar surface area (TPSA) is 93.3 Å². The maximum absolute atomic E-state index is 13.5. The number of nitrogens with zero attached hydrogens (tertiary/aromatic N) is 2. The molecule has 0 unspecified atom stereocenters. The number of rotatable bonds is 5. The Kier molecular flexibility index (Phi) is 4.91. The Bertz CT molecular complexity index is 722. The van der Waals surface area contributed by atoms with Crippen LogP contribution in [-0.2, 0) is 11.2 Å². The number of hydrogen-bond acceptors (Lipinski definition) is 6. The molecule has 0 aliphatic carbocycles. The Balaban J connectivity index is 2.30. The van der Waals surface area contributed by atoms with Crippen molar-refractivity contribution in [3.63, 3.8) is 0 Å². The molecule has 0 amide bonds.